The summed E-state index contributed by atoms with van der Waals surface area (Å²) in [6.07, 6.45) is 0.768. The van der Waals surface area contributed by atoms with Crippen molar-refractivity contribution in [3.05, 3.63) is 45.8 Å². The highest BCUT2D eigenvalue weighted by Crippen LogP contribution is 2.19. The molecule has 2 heterocycles. The summed E-state index contributed by atoms with van der Waals surface area (Å²) < 4.78 is 1.43. The molecule has 9 nitrogen and oxygen atoms in total. The van der Waals surface area contributed by atoms with E-state index in [1.54, 1.807) is 24.0 Å². The number of nitro benzene ring substituents is 1. The number of carbonyl (C=O) groups is 1. The Kier molecular flexibility index (Phi) is 3.78. The summed E-state index contributed by atoms with van der Waals surface area (Å²) in [7, 11) is 0. The van der Waals surface area contributed by atoms with Crippen molar-refractivity contribution in [2.75, 3.05) is 13.1 Å². The van der Waals surface area contributed by atoms with E-state index in [0.717, 1.165) is 6.42 Å². The van der Waals surface area contributed by atoms with Gasteiger partial charge in [-0.05, 0) is 19.4 Å². The Morgan fingerprint density at radius 2 is 2.26 bits per heavy atom. The average Bonchev–Trinajstić information content (AvgIpc) is 3.13. The summed E-state index contributed by atoms with van der Waals surface area (Å²) in [6, 6.07) is 6.02. The molecule has 1 saturated heterocycles. The lowest BCUT2D eigenvalue weighted by atomic mass is 10.2. The predicted octanol–water partition coefficient (Wildman–Crippen LogP) is 0.657. The largest absolute Gasteiger partial charge is 0.336 e. The highest BCUT2D eigenvalue weighted by molar-refractivity contribution is 5.93. The normalized spacial score (nSPS) is 17.5. The van der Waals surface area contributed by atoms with E-state index in [9.17, 15) is 14.9 Å². The Bertz CT molecular complexity index is 772. The summed E-state index contributed by atoms with van der Waals surface area (Å²) >= 11 is 0. The zero-order chi connectivity index (χ0) is 16.6. The number of nitro groups is 1. The number of rotatable bonds is 3. The van der Waals surface area contributed by atoms with Crippen LogP contribution in [-0.4, -0.2) is 49.9 Å². The molecule has 0 saturated carbocycles. The second-order valence-corrected chi connectivity index (χ2v) is 5.51. The number of nitrogens with zero attached hydrogens (tertiary/aromatic N) is 5. The number of non-ortho nitro benzene ring substituents is 1. The van der Waals surface area contributed by atoms with Gasteiger partial charge in [0, 0.05) is 31.3 Å². The van der Waals surface area contributed by atoms with Crippen molar-refractivity contribution in [3.8, 4) is 5.69 Å². The predicted molar refractivity (Wildman–Crippen MR) is 81.2 cm³/mol. The minimum Gasteiger partial charge on any atom is -0.336 e. The quantitative estimate of drug-likeness (QED) is 0.656. The number of hydrogen-bond donors (Lipinski definition) is 1. The summed E-state index contributed by atoms with van der Waals surface area (Å²) in [5, 5.41) is 18.8. The van der Waals surface area contributed by atoms with Crippen molar-refractivity contribution in [1.82, 2.24) is 19.9 Å². The molecule has 0 bridgehead atoms. The van der Waals surface area contributed by atoms with Gasteiger partial charge in [-0.25, -0.2) is 4.68 Å². The van der Waals surface area contributed by atoms with Crippen LogP contribution in [0.2, 0.25) is 0 Å². The van der Waals surface area contributed by atoms with Crippen LogP contribution < -0.4 is 5.73 Å². The molecule has 1 amide bonds. The lowest BCUT2D eigenvalue weighted by Crippen LogP contribution is -2.32. The van der Waals surface area contributed by atoms with Gasteiger partial charge < -0.3 is 10.6 Å². The Morgan fingerprint density at radius 1 is 1.48 bits per heavy atom. The van der Waals surface area contributed by atoms with E-state index in [-0.39, 0.29) is 23.3 Å². The number of amides is 1. The molecule has 9 heteroatoms. The number of aromatic nitrogens is 3. The summed E-state index contributed by atoms with van der Waals surface area (Å²) in [5.74, 6) is -0.216. The molecule has 120 valence electrons. The third kappa shape index (κ3) is 2.78. The standard InChI is InChI=1S/C14H16N6O3/c1-9-13(14(21)18-6-5-10(15)8-18)16-17-19(9)11-3-2-4-12(7-11)20(22)23/h2-4,7,10H,5-6,8,15H2,1H3/t10-/m1/s1. The fourth-order valence-electron chi connectivity index (χ4n) is 2.63. The zero-order valence-corrected chi connectivity index (χ0v) is 12.5. The molecule has 1 aromatic heterocycles. The fraction of sp³-hybridized carbons (Fsp3) is 0.357. The van der Waals surface area contributed by atoms with Gasteiger partial charge in [0.25, 0.3) is 11.6 Å². The third-order valence-electron chi connectivity index (χ3n) is 3.89. The van der Waals surface area contributed by atoms with Gasteiger partial charge in [0.1, 0.15) is 0 Å². The Morgan fingerprint density at radius 3 is 2.91 bits per heavy atom. The molecule has 2 N–H and O–H groups in total. The SMILES string of the molecule is Cc1c(C(=O)N2CC[C@@H](N)C2)nnn1-c1cccc([N+](=O)[O-])c1. The first-order valence-electron chi connectivity index (χ1n) is 7.19. The lowest BCUT2D eigenvalue weighted by Gasteiger charge is -2.14. The molecule has 1 aliphatic heterocycles. The smallest absolute Gasteiger partial charge is 0.276 e. The highest BCUT2D eigenvalue weighted by Gasteiger charge is 2.28. The fourth-order valence-corrected chi connectivity index (χ4v) is 2.63. The summed E-state index contributed by atoms with van der Waals surface area (Å²) in [4.78, 5) is 24.5. The average molecular weight is 316 g/mol. The van der Waals surface area contributed by atoms with E-state index < -0.39 is 4.92 Å². The molecule has 3 rings (SSSR count). The molecule has 1 atom stereocenters. The number of carbonyl (C=O) groups excluding carboxylic acids is 1. The zero-order valence-electron chi connectivity index (χ0n) is 12.5. The second-order valence-electron chi connectivity index (χ2n) is 5.51. The van der Waals surface area contributed by atoms with E-state index in [1.807, 2.05) is 0 Å². The third-order valence-corrected chi connectivity index (χ3v) is 3.89. The maximum atomic E-state index is 12.5. The first kappa shape index (κ1) is 15.1. The molecule has 0 spiro atoms. The van der Waals surface area contributed by atoms with Crippen LogP contribution in [0.1, 0.15) is 22.6 Å². The first-order chi connectivity index (χ1) is 11.0. The molecule has 0 radical (unpaired) electrons. The second kappa shape index (κ2) is 5.76. The van der Waals surface area contributed by atoms with Gasteiger partial charge >= 0.3 is 0 Å². The van der Waals surface area contributed by atoms with Crippen molar-refractivity contribution < 1.29 is 9.72 Å². The van der Waals surface area contributed by atoms with Crippen molar-refractivity contribution >= 4 is 11.6 Å². The van der Waals surface area contributed by atoms with Gasteiger partial charge in [-0.3, -0.25) is 14.9 Å². The number of hydrogen-bond acceptors (Lipinski definition) is 6. The minimum atomic E-state index is -0.479. The maximum absolute atomic E-state index is 12.5. The molecule has 1 aliphatic rings. The minimum absolute atomic E-state index is 0.00826. The summed E-state index contributed by atoms with van der Waals surface area (Å²) in [5.41, 5.74) is 7.04. The number of nitrogens with two attached hydrogens (primary N) is 1. The molecule has 1 aromatic carbocycles. The van der Waals surface area contributed by atoms with Gasteiger partial charge in [-0.2, -0.15) is 0 Å². The maximum Gasteiger partial charge on any atom is 0.276 e. The topological polar surface area (TPSA) is 120 Å². The van der Waals surface area contributed by atoms with Crippen LogP contribution in [0.3, 0.4) is 0 Å². The Hall–Kier alpha value is -2.81. The van der Waals surface area contributed by atoms with Crippen LogP contribution in [0.15, 0.2) is 24.3 Å². The van der Waals surface area contributed by atoms with Gasteiger partial charge in [-0.1, -0.05) is 11.3 Å². The van der Waals surface area contributed by atoms with Crippen molar-refractivity contribution in [3.63, 3.8) is 0 Å². The Balaban J connectivity index is 1.92. The van der Waals surface area contributed by atoms with Crippen molar-refractivity contribution in [2.45, 2.75) is 19.4 Å². The van der Waals surface area contributed by atoms with Crippen LogP contribution in [0.4, 0.5) is 5.69 Å². The molecule has 1 fully saturated rings. The molecule has 2 aromatic rings. The van der Waals surface area contributed by atoms with Crippen LogP contribution in [0.25, 0.3) is 5.69 Å². The van der Waals surface area contributed by atoms with Crippen LogP contribution in [-0.2, 0) is 0 Å². The van der Waals surface area contributed by atoms with Gasteiger partial charge in [0.05, 0.1) is 16.3 Å². The van der Waals surface area contributed by atoms with Crippen LogP contribution in [0.5, 0.6) is 0 Å². The Labute approximate surface area is 131 Å². The highest BCUT2D eigenvalue weighted by atomic mass is 16.6. The summed E-state index contributed by atoms with van der Waals surface area (Å²) in [6.45, 7) is 2.81. The number of likely N-dealkylation sites (tertiary alicyclic amines) is 1. The van der Waals surface area contributed by atoms with E-state index >= 15 is 0 Å². The lowest BCUT2D eigenvalue weighted by molar-refractivity contribution is -0.384. The van der Waals surface area contributed by atoms with E-state index in [4.69, 9.17) is 5.73 Å². The van der Waals surface area contributed by atoms with E-state index in [2.05, 4.69) is 10.3 Å². The monoisotopic (exact) mass is 316 g/mol. The van der Waals surface area contributed by atoms with Crippen LogP contribution in [0, 0.1) is 17.0 Å². The molecular weight excluding hydrogens is 300 g/mol. The van der Waals surface area contributed by atoms with Crippen molar-refractivity contribution in [2.24, 2.45) is 5.73 Å². The van der Waals surface area contributed by atoms with Gasteiger partial charge in [0.15, 0.2) is 5.69 Å². The molecule has 0 unspecified atom stereocenters. The number of benzene rings is 1. The first-order valence-corrected chi connectivity index (χ1v) is 7.19. The molecular formula is C14H16N6O3. The van der Waals surface area contributed by atoms with E-state index in [1.165, 1.54) is 16.8 Å². The van der Waals surface area contributed by atoms with Gasteiger partial charge in [-0.15, -0.1) is 5.10 Å². The molecule has 0 aliphatic carbocycles. The van der Waals surface area contributed by atoms with Crippen LogP contribution >= 0.6 is 0 Å². The van der Waals surface area contributed by atoms with E-state index in [0.29, 0.717) is 24.5 Å². The van der Waals surface area contributed by atoms with Crippen molar-refractivity contribution in [1.29, 1.82) is 0 Å². The molecule has 23 heavy (non-hydrogen) atoms. The van der Waals surface area contributed by atoms with Gasteiger partial charge in [0.2, 0.25) is 0 Å².